The van der Waals surface area contributed by atoms with Gasteiger partial charge in [0.1, 0.15) is 13.2 Å². The molecular formula is C16H28IN5O3. The molecule has 2 aromatic heterocycles. The van der Waals surface area contributed by atoms with Crippen molar-refractivity contribution in [3.8, 4) is 6.01 Å². The molecule has 0 bridgehead atoms. The SMILES string of the molecule is CC[N+](CC)(CC)CCOc1nc2c(c(=O)n(C)c(=O)n2C)n1C.[I-]. The number of aryl methyl sites for hydroxylation is 2. The number of aromatic nitrogens is 4. The van der Waals surface area contributed by atoms with Gasteiger partial charge in [-0.2, -0.15) is 4.98 Å². The minimum Gasteiger partial charge on any atom is -1.00 e. The molecule has 0 radical (unpaired) electrons. The minimum absolute atomic E-state index is 0. The summed E-state index contributed by atoms with van der Waals surface area (Å²) in [6.45, 7) is 11.1. The standard InChI is InChI=1S/C16H28N5O3.HI/c1-7-21(8-2,9-3)10-11-24-15-17-13-12(18(15)4)14(22)20(6)16(23)19(13)5;/h7-11H2,1-6H3;1H/q+1;/p-1. The first-order valence-electron chi connectivity index (χ1n) is 8.42. The van der Waals surface area contributed by atoms with Gasteiger partial charge < -0.3 is 33.2 Å². The van der Waals surface area contributed by atoms with Crippen LogP contribution in [0.15, 0.2) is 9.59 Å². The number of hydrogen-bond acceptors (Lipinski definition) is 4. The zero-order valence-corrected chi connectivity index (χ0v) is 18.0. The number of fused-ring (bicyclic) bond motifs is 1. The highest BCUT2D eigenvalue weighted by molar-refractivity contribution is 5.71. The van der Waals surface area contributed by atoms with Crippen LogP contribution < -0.4 is 40.0 Å². The number of likely N-dealkylation sites (N-methyl/N-ethyl adjacent to an activating group) is 1. The Morgan fingerprint density at radius 3 is 2.04 bits per heavy atom. The molecule has 0 aliphatic rings. The lowest BCUT2D eigenvalue weighted by atomic mass is 10.3. The smallest absolute Gasteiger partial charge is 0.332 e. The van der Waals surface area contributed by atoms with Crippen molar-refractivity contribution in [2.24, 2.45) is 21.1 Å². The summed E-state index contributed by atoms with van der Waals surface area (Å²) in [4.78, 5) is 28.7. The van der Waals surface area contributed by atoms with E-state index in [1.807, 2.05) is 0 Å². The molecule has 0 saturated heterocycles. The molecule has 0 aliphatic heterocycles. The Labute approximate surface area is 164 Å². The van der Waals surface area contributed by atoms with Crippen molar-refractivity contribution in [1.29, 1.82) is 0 Å². The Balaban J connectivity index is 0.00000312. The normalized spacial score (nSPS) is 11.6. The number of nitrogens with zero attached hydrogens (tertiary/aromatic N) is 5. The maximum Gasteiger partial charge on any atom is 0.332 e. The van der Waals surface area contributed by atoms with Crippen LogP contribution in [0.25, 0.3) is 11.2 Å². The summed E-state index contributed by atoms with van der Waals surface area (Å²) in [5, 5.41) is 0. The van der Waals surface area contributed by atoms with Gasteiger partial charge in [0.2, 0.25) is 0 Å². The predicted octanol–water partition coefficient (Wildman–Crippen LogP) is -2.77. The van der Waals surface area contributed by atoms with Crippen LogP contribution >= 0.6 is 0 Å². The number of ether oxygens (including phenoxy) is 1. The summed E-state index contributed by atoms with van der Waals surface area (Å²) in [5.74, 6) is 0. The van der Waals surface area contributed by atoms with Crippen LogP contribution in [0.3, 0.4) is 0 Å². The monoisotopic (exact) mass is 465 g/mol. The highest BCUT2D eigenvalue weighted by Gasteiger charge is 2.22. The van der Waals surface area contributed by atoms with E-state index in [9.17, 15) is 9.59 Å². The zero-order chi connectivity index (χ0) is 18.1. The van der Waals surface area contributed by atoms with Gasteiger partial charge in [-0.25, -0.2) is 4.79 Å². The number of hydrogen-bond donors (Lipinski definition) is 0. The van der Waals surface area contributed by atoms with Gasteiger partial charge in [-0.3, -0.25) is 18.5 Å². The van der Waals surface area contributed by atoms with Crippen LogP contribution in [0.2, 0.25) is 0 Å². The topological polar surface area (TPSA) is 71.1 Å². The molecule has 25 heavy (non-hydrogen) atoms. The van der Waals surface area contributed by atoms with Crippen molar-refractivity contribution in [2.45, 2.75) is 20.8 Å². The van der Waals surface area contributed by atoms with Crippen LogP contribution in [-0.2, 0) is 21.1 Å². The minimum atomic E-state index is -0.393. The third kappa shape index (κ3) is 3.76. The van der Waals surface area contributed by atoms with Gasteiger partial charge in [-0.15, -0.1) is 0 Å². The summed E-state index contributed by atoms with van der Waals surface area (Å²) in [7, 11) is 4.80. The van der Waals surface area contributed by atoms with E-state index in [1.54, 1.807) is 18.7 Å². The molecule has 2 aromatic rings. The second kappa shape index (κ2) is 8.35. The summed E-state index contributed by atoms with van der Waals surface area (Å²) in [5.41, 5.74) is -0.0332. The number of quaternary nitrogens is 1. The summed E-state index contributed by atoms with van der Waals surface area (Å²) in [6, 6.07) is 0.365. The van der Waals surface area contributed by atoms with E-state index in [1.165, 1.54) is 11.6 Å². The van der Waals surface area contributed by atoms with E-state index in [2.05, 4.69) is 25.8 Å². The van der Waals surface area contributed by atoms with Gasteiger partial charge in [0.15, 0.2) is 11.2 Å². The van der Waals surface area contributed by atoms with E-state index >= 15 is 0 Å². The first-order chi connectivity index (χ1) is 11.3. The van der Waals surface area contributed by atoms with E-state index in [-0.39, 0.29) is 29.5 Å². The highest BCUT2D eigenvalue weighted by atomic mass is 127. The highest BCUT2D eigenvalue weighted by Crippen LogP contribution is 2.16. The second-order valence-corrected chi connectivity index (χ2v) is 6.19. The molecule has 9 heteroatoms. The maximum atomic E-state index is 12.3. The van der Waals surface area contributed by atoms with Gasteiger partial charge in [0.25, 0.3) is 11.6 Å². The third-order valence-corrected chi connectivity index (χ3v) is 5.24. The van der Waals surface area contributed by atoms with Crippen molar-refractivity contribution in [2.75, 3.05) is 32.8 Å². The largest absolute Gasteiger partial charge is 1.00 e. The number of rotatable bonds is 7. The van der Waals surface area contributed by atoms with Crippen molar-refractivity contribution in [3.05, 3.63) is 20.8 Å². The molecule has 0 N–H and O–H groups in total. The van der Waals surface area contributed by atoms with Crippen LogP contribution in [-0.4, -0.2) is 56.0 Å². The molecule has 0 aromatic carbocycles. The fourth-order valence-electron chi connectivity index (χ4n) is 3.10. The number of halogens is 1. The maximum absolute atomic E-state index is 12.3. The van der Waals surface area contributed by atoms with Gasteiger partial charge in [0, 0.05) is 21.1 Å². The first kappa shape index (κ1) is 21.7. The number of imidazole rings is 1. The molecule has 142 valence electrons. The fraction of sp³-hybridized carbons (Fsp3) is 0.688. The molecule has 2 rings (SSSR count). The zero-order valence-electron chi connectivity index (χ0n) is 15.9. The molecule has 0 fully saturated rings. The van der Waals surface area contributed by atoms with Crippen molar-refractivity contribution < 1.29 is 33.2 Å². The van der Waals surface area contributed by atoms with Crippen LogP contribution in [0.1, 0.15) is 20.8 Å². The van der Waals surface area contributed by atoms with E-state index in [0.29, 0.717) is 23.8 Å². The van der Waals surface area contributed by atoms with Crippen molar-refractivity contribution >= 4 is 11.2 Å². The molecule has 0 amide bonds. The summed E-state index contributed by atoms with van der Waals surface area (Å²) >= 11 is 0. The van der Waals surface area contributed by atoms with E-state index in [0.717, 1.165) is 35.2 Å². The Morgan fingerprint density at radius 2 is 1.52 bits per heavy atom. The molecule has 0 unspecified atom stereocenters. The second-order valence-electron chi connectivity index (χ2n) is 6.19. The van der Waals surface area contributed by atoms with Gasteiger partial charge in [-0.1, -0.05) is 0 Å². The van der Waals surface area contributed by atoms with Crippen LogP contribution in [0, 0.1) is 0 Å². The van der Waals surface area contributed by atoms with E-state index < -0.39 is 5.69 Å². The Bertz CT molecular complexity index is 840. The molecule has 0 saturated carbocycles. The summed E-state index contributed by atoms with van der Waals surface area (Å²) in [6.07, 6.45) is 0. The molecule has 0 atom stereocenters. The molecule has 2 heterocycles. The van der Waals surface area contributed by atoms with Gasteiger partial charge in [-0.05, 0) is 20.8 Å². The summed E-state index contributed by atoms with van der Waals surface area (Å²) < 4.78 is 10.9. The van der Waals surface area contributed by atoms with E-state index in [4.69, 9.17) is 4.74 Å². The Hall–Kier alpha value is -1.36. The molecular weight excluding hydrogens is 437 g/mol. The fourth-order valence-corrected chi connectivity index (χ4v) is 3.10. The average molecular weight is 465 g/mol. The quantitative estimate of drug-likeness (QED) is 0.328. The van der Waals surface area contributed by atoms with Crippen molar-refractivity contribution in [1.82, 2.24) is 18.7 Å². The lowest BCUT2D eigenvalue weighted by molar-refractivity contribution is -0.923. The Morgan fingerprint density at radius 1 is 0.960 bits per heavy atom. The lowest BCUT2D eigenvalue weighted by Crippen LogP contribution is -3.00. The molecule has 0 spiro atoms. The lowest BCUT2D eigenvalue weighted by Gasteiger charge is -2.35. The molecule has 8 nitrogen and oxygen atoms in total. The van der Waals surface area contributed by atoms with Crippen LogP contribution in [0.4, 0.5) is 0 Å². The third-order valence-electron chi connectivity index (χ3n) is 5.24. The predicted molar refractivity (Wildman–Crippen MR) is 93.4 cm³/mol. The first-order valence-corrected chi connectivity index (χ1v) is 8.42. The van der Waals surface area contributed by atoms with Gasteiger partial charge in [0.05, 0.1) is 19.6 Å². The van der Waals surface area contributed by atoms with Gasteiger partial charge >= 0.3 is 5.69 Å². The molecule has 0 aliphatic carbocycles. The van der Waals surface area contributed by atoms with Crippen LogP contribution in [0.5, 0.6) is 6.01 Å². The Kier molecular flexibility index (Phi) is 7.24. The van der Waals surface area contributed by atoms with Crippen molar-refractivity contribution in [3.63, 3.8) is 0 Å². The average Bonchev–Trinajstić information content (AvgIpc) is 2.92.